The molecular formula is C16H27NO2. The van der Waals surface area contributed by atoms with E-state index in [2.05, 4.69) is 31.0 Å². The summed E-state index contributed by atoms with van der Waals surface area (Å²) >= 11 is 0. The van der Waals surface area contributed by atoms with Crippen LogP contribution in [0, 0.1) is 5.41 Å². The fourth-order valence-corrected chi connectivity index (χ4v) is 2.02. The van der Waals surface area contributed by atoms with Crippen LogP contribution in [0.3, 0.4) is 0 Å². The third-order valence-electron chi connectivity index (χ3n) is 3.63. The van der Waals surface area contributed by atoms with Crippen LogP contribution in [0.5, 0.6) is 0 Å². The molecule has 108 valence electrons. The fraction of sp³-hybridized carbons (Fsp3) is 0.750. The number of carbonyl (C=O) groups is 1. The Morgan fingerprint density at radius 2 is 2.21 bits per heavy atom. The van der Waals surface area contributed by atoms with E-state index >= 15 is 0 Å². The lowest BCUT2D eigenvalue weighted by Crippen LogP contribution is -2.33. The molecule has 0 radical (unpaired) electrons. The molecule has 0 aliphatic heterocycles. The number of amides is 1. The highest BCUT2D eigenvalue weighted by Crippen LogP contribution is 2.34. The van der Waals surface area contributed by atoms with Crippen molar-refractivity contribution in [1.29, 1.82) is 0 Å². The summed E-state index contributed by atoms with van der Waals surface area (Å²) in [6, 6.07) is 0. The molecule has 0 heterocycles. The summed E-state index contributed by atoms with van der Waals surface area (Å²) in [5, 5.41) is 2.80. The summed E-state index contributed by atoms with van der Waals surface area (Å²) in [4.78, 5) is 11.6. The Morgan fingerprint density at radius 1 is 1.53 bits per heavy atom. The molecule has 1 amide bonds. The summed E-state index contributed by atoms with van der Waals surface area (Å²) < 4.78 is 5.22. The van der Waals surface area contributed by atoms with Crippen LogP contribution < -0.4 is 5.32 Å². The minimum atomic E-state index is -0.446. The Labute approximate surface area is 117 Å². The minimum absolute atomic E-state index is 0.357. The zero-order valence-corrected chi connectivity index (χ0v) is 12.9. The molecule has 1 aliphatic rings. The van der Waals surface area contributed by atoms with Crippen LogP contribution in [-0.4, -0.2) is 18.2 Å². The van der Waals surface area contributed by atoms with Gasteiger partial charge in [-0.15, -0.1) is 5.73 Å². The van der Waals surface area contributed by atoms with E-state index < -0.39 is 5.60 Å². The van der Waals surface area contributed by atoms with E-state index in [4.69, 9.17) is 4.74 Å². The topological polar surface area (TPSA) is 38.3 Å². The molecule has 3 heteroatoms. The summed E-state index contributed by atoms with van der Waals surface area (Å²) in [7, 11) is 0. The Kier molecular flexibility index (Phi) is 5.25. The van der Waals surface area contributed by atoms with Crippen molar-refractivity contribution in [3.05, 3.63) is 17.4 Å². The second kappa shape index (κ2) is 6.29. The van der Waals surface area contributed by atoms with Crippen molar-refractivity contribution < 1.29 is 9.53 Å². The highest BCUT2D eigenvalue weighted by Gasteiger charge is 2.22. The van der Waals surface area contributed by atoms with Crippen molar-refractivity contribution in [2.24, 2.45) is 5.41 Å². The molecule has 1 aliphatic carbocycles. The standard InChI is InChI=1S/C16H27NO2/c1-6-16(5)10-7-8-13(9-11-16)12-17-14(18)19-15(2,3)4/h7H,6,9-12H2,1-5H3,(H,17,18). The van der Waals surface area contributed by atoms with Gasteiger partial charge >= 0.3 is 6.09 Å². The van der Waals surface area contributed by atoms with Gasteiger partial charge in [-0.3, -0.25) is 0 Å². The number of nitrogens with one attached hydrogen (secondary N) is 1. The molecule has 0 saturated carbocycles. The monoisotopic (exact) mass is 265 g/mol. The maximum Gasteiger partial charge on any atom is 0.407 e. The average molecular weight is 265 g/mol. The number of carbonyl (C=O) groups excluding carboxylic acids is 1. The molecule has 0 saturated heterocycles. The van der Waals surface area contributed by atoms with Crippen LogP contribution in [0.2, 0.25) is 0 Å². The number of rotatable bonds is 3. The van der Waals surface area contributed by atoms with Crippen LogP contribution >= 0.6 is 0 Å². The molecule has 0 spiro atoms. The van der Waals surface area contributed by atoms with Gasteiger partial charge in [0.05, 0.1) is 0 Å². The van der Waals surface area contributed by atoms with Crippen molar-refractivity contribution in [1.82, 2.24) is 5.32 Å². The van der Waals surface area contributed by atoms with E-state index in [1.165, 1.54) is 6.42 Å². The van der Waals surface area contributed by atoms with Crippen LogP contribution in [0.4, 0.5) is 4.79 Å². The van der Waals surface area contributed by atoms with Gasteiger partial charge in [0, 0.05) is 6.54 Å². The highest BCUT2D eigenvalue weighted by molar-refractivity contribution is 5.68. The van der Waals surface area contributed by atoms with Gasteiger partial charge in [-0.2, -0.15) is 0 Å². The molecule has 3 nitrogen and oxygen atoms in total. The molecule has 0 aromatic heterocycles. The second-order valence-corrected chi connectivity index (χ2v) is 6.68. The second-order valence-electron chi connectivity index (χ2n) is 6.68. The van der Waals surface area contributed by atoms with Gasteiger partial charge in [0.15, 0.2) is 0 Å². The first-order chi connectivity index (χ1) is 8.74. The first kappa shape index (κ1) is 15.8. The first-order valence-electron chi connectivity index (χ1n) is 7.14. The van der Waals surface area contributed by atoms with Gasteiger partial charge in [0.1, 0.15) is 5.60 Å². The van der Waals surface area contributed by atoms with Crippen molar-refractivity contribution in [2.75, 3.05) is 6.54 Å². The van der Waals surface area contributed by atoms with E-state index in [9.17, 15) is 4.79 Å². The molecule has 1 rings (SSSR count). The first-order valence-corrected chi connectivity index (χ1v) is 7.14. The van der Waals surface area contributed by atoms with Crippen molar-refractivity contribution in [2.45, 2.75) is 65.9 Å². The van der Waals surface area contributed by atoms with E-state index in [1.54, 1.807) is 0 Å². The molecule has 1 unspecified atom stereocenters. The van der Waals surface area contributed by atoms with Gasteiger partial charge in [0.25, 0.3) is 0 Å². The average Bonchev–Trinajstić information content (AvgIpc) is 2.47. The zero-order chi connectivity index (χ0) is 14.5. The van der Waals surface area contributed by atoms with E-state index in [-0.39, 0.29) is 6.09 Å². The smallest absolute Gasteiger partial charge is 0.407 e. The third kappa shape index (κ3) is 5.98. The third-order valence-corrected chi connectivity index (χ3v) is 3.63. The van der Waals surface area contributed by atoms with Crippen molar-refractivity contribution >= 4 is 6.09 Å². The van der Waals surface area contributed by atoms with Gasteiger partial charge in [-0.25, -0.2) is 4.79 Å². The van der Waals surface area contributed by atoms with Gasteiger partial charge < -0.3 is 10.1 Å². The highest BCUT2D eigenvalue weighted by atomic mass is 16.6. The lowest BCUT2D eigenvalue weighted by molar-refractivity contribution is 0.0532. The molecule has 0 bridgehead atoms. The Morgan fingerprint density at radius 3 is 2.79 bits per heavy atom. The number of hydrogen-bond acceptors (Lipinski definition) is 2. The molecule has 0 aromatic carbocycles. The molecule has 1 atom stereocenters. The zero-order valence-electron chi connectivity index (χ0n) is 12.9. The quantitative estimate of drug-likeness (QED) is 0.777. The lowest BCUT2D eigenvalue weighted by atomic mass is 9.80. The molecule has 19 heavy (non-hydrogen) atoms. The van der Waals surface area contributed by atoms with Crippen LogP contribution in [0.15, 0.2) is 17.4 Å². The number of alkyl carbamates (subject to hydrolysis) is 1. The Balaban J connectivity index is 2.43. The SMILES string of the molecule is CCC1(C)CC=C=C(CNC(=O)OC(C)(C)C)CC1. The minimum Gasteiger partial charge on any atom is -0.444 e. The van der Waals surface area contributed by atoms with Crippen molar-refractivity contribution in [3.8, 4) is 0 Å². The summed E-state index contributed by atoms with van der Waals surface area (Å²) in [5.74, 6) is 0. The van der Waals surface area contributed by atoms with E-state index in [0.29, 0.717) is 12.0 Å². The predicted molar refractivity (Wildman–Crippen MR) is 78.1 cm³/mol. The van der Waals surface area contributed by atoms with Crippen LogP contribution in [-0.2, 0) is 4.74 Å². The maximum atomic E-state index is 11.6. The van der Waals surface area contributed by atoms with Gasteiger partial charge in [-0.1, -0.05) is 20.3 Å². The van der Waals surface area contributed by atoms with Gasteiger partial charge in [-0.05, 0) is 57.1 Å². The molecule has 1 N–H and O–H groups in total. The summed E-state index contributed by atoms with van der Waals surface area (Å²) in [6.45, 7) is 10.7. The van der Waals surface area contributed by atoms with Gasteiger partial charge in [0.2, 0.25) is 0 Å². The van der Waals surface area contributed by atoms with E-state index in [1.807, 2.05) is 20.8 Å². The van der Waals surface area contributed by atoms with Crippen molar-refractivity contribution in [3.63, 3.8) is 0 Å². The molecule has 0 aromatic rings. The summed E-state index contributed by atoms with van der Waals surface area (Å²) in [6.07, 6.45) is 6.15. The van der Waals surface area contributed by atoms with E-state index in [0.717, 1.165) is 24.8 Å². The largest absolute Gasteiger partial charge is 0.444 e. The predicted octanol–water partition coefficient (Wildman–Crippen LogP) is 4.19. The Hall–Kier alpha value is -1.21. The van der Waals surface area contributed by atoms with Crippen LogP contribution in [0.25, 0.3) is 0 Å². The maximum absolute atomic E-state index is 11.6. The lowest BCUT2D eigenvalue weighted by Gasteiger charge is -2.25. The van der Waals surface area contributed by atoms with Crippen LogP contribution in [0.1, 0.15) is 60.3 Å². The number of hydrogen-bond donors (Lipinski definition) is 1. The normalized spacial score (nSPS) is 23.5. The molecule has 0 fully saturated rings. The Bertz CT molecular complexity index is 386. The fourth-order valence-electron chi connectivity index (χ4n) is 2.02. The summed E-state index contributed by atoms with van der Waals surface area (Å²) in [5.41, 5.74) is 4.40. The molecular weight excluding hydrogens is 238 g/mol. The number of ether oxygens (including phenoxy) is 1.